The predicted molar refractivity (Wildman–Crippen MR) is 54.1 cm³/mol. The van der Waals surface area contributed by atoms with E-state index in [9.17, 15) is 4.79 Å². The molecule has 0 saturated heterocycles. The monoisotopic (exact) mass is 292 g/mol. The highest BCUT2D eigenvalue weighted by atomic mass is 79.9. The molecule has 0 aliphatic rings. The fourth-order valence-corrected chi connectivity index (χ4v) is 1.83. The van der Waals surface area contributed by atoms with E-state index in [1.807, 2.05) is 0 Å². The zero-order valence-electron chi connectivity index (χ0n) is 6.13. The summed E-state index contributed by atoms with van der Waals surface area (Å²) in [6.07, 6.45) is 3.27. The molecule has 5 heteroatoms. The van der Waals surface area contributed by atoms with Gasteiger partial charge >= 0.3 is 0 Å². The lowest BCUT2D eigenvalue weighted by Crippen LogP contribution is -2.20. The highest BCUT2D eigenvalue weighted by Gasteiger charge is 2.02. The van der Waals surface area contributed by atoms with E-state index < -0.39 is 0 Å². The summed E-state index contributed by atoms with van der Waals surface area (Å²) in [5.74, 6) is 0. The van der Waals surface area contributed by atoms with Gasteiger partial charge < -0.3 is 4.57 Å². The molecule has 0 bridgehead atoms. The maximum atomic E-state index is 11.3. The largest absolute Gasteiger partial charge is 0.307 e. The van der Waals surface area contributed by atoms with E-state index in [2.05, 4.69) is 43.4 Å². The number of nitrogens with zero attached hydrogens (tertiary/aromatic N) is 2. The minimum atomic E-state index is -0.155. The van der Waals surface area contributed by atoms with E-state index in [0.29, 0.717) is 15.8 Å². The van der Waals surface area contributed by atoms with Crippen molar-refractivity contribution in [3.05, 3.63) is 38.4 Å². The lowest BCUT2D eigenvalue weighted by Gasteiger charge is -2.01. The van der Waals surface area contributed by atoms with Crippen LogP contribution in [-0.2, 0) is 6.54 Å². The van der Waals surface area contributed by atoms with Crippen molar-refractivity contribution in [1.82, 2.24) is 9.55 Å². The van der Waals surface area contributed by atoms with Crippen LogP contribution in [0.4, 0.5) is 0 Å². The summed E-state index contributed by atoms with van der Waals surface area (Å²) >= 11 is 6.24. The molecule has 1 aromatic rings. The molecule has 64 valence electrons. The van der Waals surface area contributed by atoms with Crippen LogP contribution in [-0.4, -0.2) is 9.55 Å². The molecule has 0 N–H and O–H groups in total. The van der Waals surface area contributed by atoms with Gasteiger partial charge in [-0.1, -0.05) is 6.08 Å². The van der Waals surface area contributed by atoms with E-state index in [1.54, 1.807) is 12.3 Å². The molecule has 1 heterocycles. The molecule has 0 spiro atoms. The van der Waals surface area contributed by atoms with Crippen LogP contribution in [0.15, 0.2) is 32.9 Å². The molecule has 0 aliphatic heterocycles. The van der Waals surface area contributed by atoms with Gasteiger partial charge in [-0.25, -0.2) is 4.98 Å². The molecule has 1 rings (SSSR count). The topological polar surface area (TPSA) is 34.9 Å². The van der Waals surface area contributed by atoms with Gasteiger partial charge in [0.1, 0.15) is 4.60 Å². The Balaban J connectivity index is 3.27. The molecule has 12 heavy (non-hydrogen) atoms. The van der Waals surface area contributed by atoms with Crippen LogP contribution in [0.3, 0.4) is 0 Å². The summed E-state index contributed by atoms with van der Waals surface area (Å²) in [5, 5.41) is 0. The summed E-state index contributed by atoms with van der Waals surface area (Å²) < 4.78 is 2.43. The highest BCUT2D eigenvalue weighted by molar-refractivity contribution is 9.11. The molecular weight excluding hydrogens is 288 g/mol. The van der Waals surface area contributed by atoms with Gasteiger partial charge in [0, 0.05) is 12.7 Å². The van der Waals surface area contributed by atoms with Crippen molar-refractivity contribution in [2.24, 2.45) is 0 Å². The zero-order chi connectivity index (χ0) is 9.14. The number of aromatic nitrogens is 2. The first-order valence-electron chi connectivity index (χ1n) is 3.18. The third kappa shape index (κ3) is 2.04. The molecule has 0 unspecified atom stereocenters. The number of allylic oxidation sites excluding steroid dienone is 1. The second-order valence-corrected chi connectivity index (χ2v) is 3.66. The van der Waals surface area contributed by atoms with Crippen LogP contribution >= 0.6 is 31.9 Å². The predicted octanol–water partition coefficient (Wildman–Crippen LogP) is 1.95. The minimum Gasteiger partial charge on any atom is -0.307 e. The fraction of sp³-hybridized carbons (Fsp3) is 0.143. The summed E-state index contributed by atoms with van der Waals surface area (Å²) in [6.45, 7) is 4.03. The zero-order valence-corrected chi connectivity index (χ0v) is 9.30. The Morgan fingerprint density at radius 1 is 1.67 bits per heavy atom. The van der Waals surface area contributed by atoms with Gasteiger partial charge in [0.2, 0.25) is 0 Å². The fourth-order valence-electron chi connectivity index (χ4n) is 0.751. The van der Waals surface area contributed by atoms with E-state index in [1.165, 1.54) is 4.57 Å². The van der Waals surface area contributed by atoms with E-state index in [4.69, 9.17) is 0 Å². The Morgan fingerprint density at radius 3 is 2.92 bits per heavy atom. The average molecular weight is 294 g/mol. The maximum Gasteiger partial charge on any atom is 0.284 e. The smallest absolute Gasteiger partial charge is 0.284 e. The molecule has 0 aliphatic carbocycles. The van der Waals surface area contributed by atoms with Crippen molar-refractivity contribution in [3.8, 4) is 0 Å². The van der Waals surface area contributed by atoms with E-state index in [0.717, 1.165) is 0 Å². The molecule has 3 nitrogen and oxygen atoms in total. The van der Waals surface area contributed by atoms with Gasteiger partial charge in [0.15, 0.2) is 4.60 Å². The summed E-state index contributed by atoms with van der Waals surface area (Å²) in [4.78, 5) is 15.2. The summed E-state index contributed by atoms with van der Waals surface area (Å²) in [7, 11) is 0. The Morgan fingerprint density at radius 2 is 2.33 bits per heavy atom. The third-order valence-electron chi connectivity index (χ3n) is 1.23. The Hall–Kier alpha value is -0.420. The first-order chi connectivity index (χ1) is 5.65. The van der Waals surface area contributed by atoms with Crippen LogP contribution in [0.5, 0.6) is 0 Å². The van der Waals surface area contributed by atoms with Gasteiger partial charge in [-0.3, -0.25) is 4.79 Å². The van der Waals surface area contributed by atoms with Crippen molar-refractivity contribution < 1.29 is 0 Å². The Bertz CT molecular complexity index is 359. The minimum absolute atomic E-state index is 0.155. The van der Waals surface area contributed by atoms with Crippen molar-refractivity contribution in [3.63, 3.8) is 0 Å². The summed E-state index contributed by atoms with van der Waals surface area (Å²) in [5.41, 5.74) is -0.155. The van der Waals surface area contributed by atoms with Gasteiger partial charge in [-0.05, 0) is 31.9 Å². The molecule has 0 amide bonds. The van der Waals surface area contributed by atoms with E-state index in [-0.39, 0.29) is 5.56 Å². The van der Waals surface area contributed by atoms with Crippen LogP contribution in [0.2, 0.25) is 0 Å². The van der Waals surface area contributed by atoms with Crippen LogP contribution in [0.1, 0.15) is 0 Å². The summed E-state index contributed by atoms with van der Waals surface area (Å²) in [6, 6.07) is 0. The van der Waals surface area contributed by atoms with Gasteiger partial charge in [0.25, 0.3) is 5.56 Å². The normalized spacial score (nSPS) is 9.83. The highest BCUT2D eigenvalue weighted by Crippen LogP contribution is 2.06. The number of hydrogen-bond donors (Lipinski definition) is 0. The Kier molecular flexibility index (Phi) is 3.22. The van der Waals surface area contributed by atoms with E-state index >= 15 is 0 Å². The molecule has 0 fully saturated rings. The van der Waals surface area contributed by atoms with Crippen LogP contribution < -0.4 is 5.56 Å². The van der Waals surface area contributed by atoms with Gasteiger partial charge in [-0.15, -0.1) is 6.58 Å². The standard InChI is InChI=1S/C7H6Br2N2O/c1-2-3-11-4-5(8)10-6(9)7(11)12/h2,4H,1,3H2. The Labute approximate surface area is 86.4 Å². The lowest BCUT2D eigenvalue weighted by atomic mass is 10.6. The average Bonchev–Trinajstić information content (AvgIpc) is 2.00. The van der Waals surface area contributed by atoms with Crippen molar-refractivity contribution >= 4 is 31.9 Å². The van der Waals surface area contributed by atoms with Crippen LogP contribution in [0.25, 0.3) is 0 Å². The van der Waals surface area contributed by atoms with Crippen molar-refractivity contribution in [2.75, 3.05) is 0 Å². The molecule has 0 aromatic carbocycles. The van der Waals surface area contributed by atoms with Crippen molar-refractivity contribution in [1.29, 1.82) is 0 Å². The lowest BCUT2D eigenvalue weighted by molar-refractivity contribution is 0.753. The second-order valence-electron chi connectivity index (χ2n) is 2.10. The van der Waals surface area contributed by atoms with Gasteiger partial charge in [-0.2, -0.15) is 0 Å². The number of rotatable bonds is 2. The SMILES string of the molecule is C=CCn1cc(Br)nc(Br)c1=O. The molecule has 0 radical (unpaired) electrons. The quantitative estimate of drug-likeness (QED) is 0.781. The molecule has 0 saturated carbocycles. The third-order valence-corrected chi connectivity index (χ3v) is 2.13. The number of hydrogen-bond acceptors (Lipinski definition) is 2. The molecule has 0 atom stereocenters. The second kappa shape index (κ2) is 4.00. The first-order valence-corrected chi connectivity index (χ1v) is 4.77. The molecular formula is C7H6Br2N2O. The first kappa shape index (κ1) is 9.67. The maximum absolute atomic E-state index is 11.3. The van der Waals surface area contributed by atoms with Crippen LogP contribution in [0, 0.1) is 0 Å². The van der Waals surface area contributed by atoms with Gasteiger partial charge in [0.05, 0.1) is 0 Å². The number of halogens is 2. The van der Waals surface area contributed by atoms with Crippen molar-refractivity contribution in [2.45, 2.75) is 6.54 Å². The molecule has 1 aromatic heterocycles.